The number of carbonyl (C=O) groups is 4. The number of piperidine rings is 1. The van der Waals surface area contributed by atoms with E-state index in [1.807, 2.05) is 0 Å². The fourth-order valence-corrected chi connectivity index (χ4v) is 6.47. The number of ether oxygens (including phenoxy) is 2. The molecular weight excluding hydrogens is 516 g/mol. The lowest BCUT2D eigenvalue weighted by molar-refractivity contribution is -0.156. The molecule has 218 valence electrons. The maximum absolute atomic E-state index is 13.3. The van der Waals surface area contributed by atoms with Gasteiger partial charge in [-0.25, -0.2) is 17.9 Å². The van der Waals surface area contributed by atoms with Crippen LogP contribution in [0.2, 0.25) is 0 Å². The Morgan fingerprint density at radius 2 is 1.66 bits per heavy atom. The van der Waals surface area contributed by atoms with Crippen molar-refractivity contribution in [2.24, 2.45) is 34.1 Å². The first-order valence-corrected chi connectivity index (χ1v) is 14.7. The Bertz CT molecular complexity index is 1000. The highest BCUT2D eigenvalue weighted by molar-refractivity contribution is 7.90. The number of nitrogens with one attached hydrogen (secondary N) is 1. The van der Waals surface area contributed by atoms with Crippen molar-refractivity contribution in [3.8, 4) is 0 Å². The lowest BCUT2D eigenvalue weighted by Crippen LogP contribution is -2.51. The lowest BCUT2D eigenvalue weighted by Gasteiger charge is -2.37. The molecule has 13 heteroatoms. The van der Waals surface area contributed by atoms with Gasteiger partial charge < -0.3 is 25.8 Å². The van der Waals surface area contributed by atoms with Crippen LogP contribution in [0.3, 0.4) is 0 Å². The first-order chi connectivity index (χ1) is 17.5. The average Bonchev–Trinajstić information content (AvgIpc) is 3.60. The zero-order chi connectivity index (χ0) is 29.1. The van der Waals surface area contributed by atoms with Gasteiger partial charge in [0.2, 0.25) is 21.8 Å². The minimum absolute atomic E-state index is 0.0606. The molecule has 0 aromatic carbocycles. The molecule has 3 amide bonds. The minimum Gasteiger partial charge on any atom is -0.469 e. The number of nitrogens with zero attached hydrogens (tertiary/aromatic N) is 1. The van der Waals surface area contributed by atoms with Crippen LogP contribution >= 0.6 is 0 Å². The highest BCUT2D eigenvalue weighted by atomic mass is 32.2. The average molecular weight is 561 g/mol. The normalized spacial score (nSPS) is 22.2. The number of amides is 3. The van der Waals surface area contributed by atoms with Crippen LogP contribution < -0.4 is 16.2 Å². The Morgan fingerprint density at radius 3 is 2.08 bits per heavy atom. The third kappa shape index (κ3) is 6.77. The summed E-state index contributed by atoms with van der Waals surface area (Å²) in [5.41, 5.74) is 7.24. The summed E-state index contributed by atoms with van der Waals surface area (Å²) in [6, 6.07) is 0. The molecule has 1 aliphatic heterocycles. The molecular formula is C25H44N4O8S. The van der Waals surface area contributed by atoms with Crippen LogP contribution in [-0.4, -0.2) is 74.8 Å². The van der Waals surface area contributed by atoms with E-state index in [4.69, 9.17) is 20.9 Å². The summed E-state index contributed by atoms with van der Waals surface area (Å²) in [6.07, 6.45) is 1.83. The molecule has 5 N–H and O–H groups in total. The summed E-state index contributed by atoms with van der Waals surface area (Å²) >= 11 is 0. The molecule has 0 radical (unpaired) electrons. The maximum Gasteiger partial charge on any atom is 0.410 e. The molecule has 0 aromatic rings. The summed E-state index contributed by atoms with van der Waals surface area (Å²) in [6.45, 7) is 9.28. The third-order valence-corrected chi connectivity index (χ3v) is 10.00. The van der Waals surface area contributed by atoms with Crippen LogP contribution in [0.4, 0.5) is 4.79 Å². The largest absolute Gasteiger partial charge is 0.469 e. The van der Waals surface area contributed by atoms with Gasteiger partial charge >= 0.3 is 12.1 Å². The number of likely N-dealkylation sites (tertiary alicyclic amines) is 1. The molecule has 2 rings (SSSR count). The summed E-state index contributed by atoms with van der Waals surface area (Å²) in [4.78, 5) is 52.0. The number of esters is 1. The van der Waals surface area contributed by atoms with Crippen molar-refractivity contribution in [2.45, 2.75) is 84.0 Å². The number of rotatable bonds is 12. The second-order valence-corrected chi connectivity index (χ2v) is 13.8. The minimum atomic E-state index is -3.79. The Hall–Kier alpha value is -2.41. The molecule has 1 saturated carbocycles. The van der Waals surface area contributed by atoms with Crippen molar-refractivity contribution in [1.29, 1.82) is 0 Å². The maximum atomic E-state index is 13.3. The Labute approximate surface area is 225 Å². The summed E-state index contributed by atoms with van der Waals surface area (Å²) in [5, 5.41) is -0.716. The molecule has 0 spiro atoms. The van der Waals surface area contributed by atoms with E-state index >= 15 is 0 Å². The number of primary amides is 2. The van der Waals surface area contributed by atoms with Crippen molar-refractivity contribution in [3.63, 3.8) is 0 Å². The fourth-order valence-electron chi connectivity index (χ4n) is 5.29. The second kappa shape index (κ2) is 11.8. The molecule has 1 heterocycles. The van der Waals surface area contributed by atoms with Gasteiger partial charge in [0, 0.05) is 25.6 Å². The van der Waals surface area contributed by atoms with E-state index in [0.717, 1.165) is 0 Å². The van der Waals surface area contributed by atoms with Crippen LogP contribution in [0.1, 0.15) is 73.1 Å². The second-order valence-electron chi connectivity index (χ2n) is 11.6. The van der Waals surface area contributed by atoms with Gasteiger partial charge in [0.1, 0.15) is 11.0 Å². The highest BCUT2D eigenvalue weighted by Gasteiger charge is 2.73. The molecule has 0 bridgehead atoms. The quantitative estimate of drug-likeness (QED) is 0.235. The van der Waals surface area contributed by atoms with Gasteiger partial charge in [-0.15, -0.1) is 0 Å². The predicted octanol–water partition coefficient (Wildman–Crippen LogP) is 1.27. The summed E-state index contributed by atoms with van der Waals surface area (Å²) < 4.78 is 38.7. The molecule has 3 atom stereocenters. The van der Waals surface area contributed by atoms with Crippen LogP contribution in [0.5, 0.6) is 0 Å². The first kappa shape index (κ1) is 31.8. The molecule has 1 unspecified atom stereocenters. The highest BCUT2D eigenvalue weighted by Crippen LogP contribution is 2.63. The molecule has 2 fully saturated rings. The van der Waals surface area contributed by atoms with E-state index in [9.17, 15) is 27.6 Å². The fraction of sp³-hybridized carbons (Fsp3) is 0.840. The number of sulfonamides is 1. The molecule has 1 aliphatic carbocycles. The van der Waals surface area contributed by atoms with E-state index < -0.39 is 55.4 Å². The molecule has 1 saturated heterocycles. The van der Waals surface area contributed by atoms with Gasteiger partial charge in [0.15, 0.2) is 0 Å². The van der Waals surface area contributed by atoms with Crippen LogP contribution in [0.15, 0.2) is 0 Å². The molecule has 0 aromatic heterocycles. The monoisotopic (exact) mass is 560 g/mol. The van der Waals surface area contributed by atoms with E-state index in [-0.39, 0.29) is 31.4 Å². The number of hydrogen-bond donors (Lipinski definition) is 3. The topological polar surface area (TPSA) is 188 Å². The Morgan fingerprint density at radius 1 is 1.11 bits per heavy atom. The zero-order valence-electron chi connectivity index (χ0n) is 23.4. The van der Waals surface area contributed by atoms with Crippen molar-refractivity contribution in [2.75, 3.05) is 26.7 Å². The van der Waals surface area contributed by atoms with Crippen molar-refractivity contribution < 1.29 is 37.1 Å². The number of carbonyl (C=O) groups excluding carboxylic acids is 4. The zero-order valence-corrected chi connectivity index (χ0v) is 24.2. The standard InChI is InChI=1S/C25H44N4O8S/c1-7-16(2)38(34,35)28-15-24(21(32)36-6,18-14-25(18,19(26)30)20(27)31)11-8-17-9-12-29(13-10-17)22(33)37-23(3,4)5/h16-18,28H,7-15H2,1-6H3,(H2,26,30)(H2,27,31)/t16-,18?,24-/m0/s1. The Balaban J connectivity index is 2.28. The van der Waals surface area contributed by atoms with Crippen LogP contribution in [-0.2, 0) is 33.9 Å². The number of nitrogens with two attached hydrogens (primary N) is 2. The van der Waals surface area contributed by atoms with Gasteiger partial charge in [-0.1, -0.05) is 6.92 Å². The van der Waals surface area contributed by atoms with Crippen LogP contribution in [0.25, 0.3) is 0 Å². The third-order valence-electron chi connectivity index (χ3n) is 8.06. The smallest absolute Gasteiger partial charge is 0.410 e. The van der Waals surface area contributed by atoms with Gasteiger partial charge in [0.25, 0.3) is 0 Å². The van der Waals surface area contributed by atoms with Crippen molar-refractivity contribution in [3.05, 3.63) is 0 Å². The van der Waals surface area contributed by atoms with Gasteiger partial charge in [-0.3, -0.25) is 14.4 Å². The SMILES string of the molecule is CC[C@H](C)S(=O)(=O)NC[C@](CCC1CCN(C(=O)OC(C)(C)C)CC1)(C(=O)OC)C1CC1(C(N)=O)C(N)=O. The molecule has 2 aliphatic rings. The van der Waals surface area contributed by atoms with Crippen molar-refractivity contribution >= 4 is 33.9 Å². The van der Waals surface area contributed by atoms with Gasteiger partial charge in [-0.2, -0.15) is 0 Å². The first-order valence-electron chi connectivity index (χ1n) is 13.1. The Kier molecular flexibility index (Phi) is 9.85. The molecule has 38 heavy (non-hydrogen) atoms. The number of hydrogen-bond acceptors (Lipinski definition) is 8. The lowest BCUT2D eigenvalue weighted by atomic mass is 9.72. The van der Waals surface area contributed by atoms with E-state index in [0.29, 0.717) is 38.8 Å². The van der Waals surface area contributed by atoms with E-state index in [1.165, 1.54) is 7.11 Å². The van der Waals surface area contributed by atoms with E-state index in [1.54, 1.807) is 39.5 Å². The number of methoxy groups -OCH3 is 1. The summed E-state index contributed by atoms with van der Waals surface area (Å²) in [7, 11) is -2.61. The summed E-state index contributed by atoms with van der Waals surface area (Å²) in [5.74, 6) is -3.42. The van der Waals surface area contributed by atoms with E-state index in [2.05, 4.69) is 4.72 Å². The van der Waals surface area contributed by atoms with Gasteiger partial charge in [-0.05, 0) is 72.1 Å². The van der Waals surface area contributed by atoms with Gasteiger partial charge in [0.05, 0.1) is 17.8 Å². The predicted molar refractivity (Wildman–Crippen MR) is 140 cm³/mol. The van der Waals surface area contributed by atoms with Crippen molar-refractivity contribution in [1.82, 2.24) is 9.62 Å². The molecule has 12 nitrogen and oxygen atoms in total. The van der Waals surface area contributed by atoms with Crippen LogP contribution in [0, 0.1) is 22.7 Å².